The van der Waals surface area contributed by atoms with Crippen LogP contribution in [0.15, 0.2) is 28.7 Å². The van der Waals surface area contributed by atoms with Crippen LogP contribution in [0.3, 0.4) is 0 Å². The second kappa shape index (κ2) is 7.50. The molecule has 1 aromatic carbocycles. The molecule has 104 valence electrons. The molecule has 0 atom stereocenters. The van der Waals surface area contributed by atoms with E-state index in [4.69, 9.17) is 4.74 Å². The number of carbonyl (C=O) groups is 1. The Kier molecular flexibility index (Phi) is 5.66. The molecular weight excluding hydrogens is 308 g/mol. The van der Waals surface area contributed by atoms with Gasteiger partial charge in [0, 0.05) is 30.0 Å². The molecule has 1 aliphatic carbocycles. The number of ether oxygens (including phenoxy) is 1. The molecule has 1 fully saturated rings. The standard InChI is InChI=1S/C14H19BrN2O2/c15-12-2-1-3-13(10-12)19-9-8-16-6-7-17-14(18)11-4-5-11/h1-3,10-11,16H,4-9H2,(H,17,18). The van der Waals surface area contributed by atoms with Crippen molar-refractivity contribution in [2.24, 2.45) is 5.92 Å². The summed E-state index contributed by atoms with van der Waals surface area (Å²) in [7, 11) is 0. The summed E-state index contributed by atoms with van der Waals surface area (Å²) in [6.07, 6.45) is 2.11. The monoisotopic (exact) mass is 326 g/mol. The first-order valence-corrected chi connectivity index (χ1v) is 7.42. The van der Waals surface area contributed by atoms with E-state index in [1.807, 2.05) is 24.3 Å². The maximum Gasteiger partial charge on any atom is 0.223 e. The molecule has 0 bridgehead atoms. The molecule has 1 aliphatic rings. The van der Waals surface area contributed by atoms with Crippen LogP contribution in [0.1, 0.15) is 12.8 Å². The highest BCUT2D eigenvalue weighted by Gasteiger charge is 2.28. The van der Waals surface area contributed by atoms with Gasteiger partial charge in [-0.05, 0) is 31.0 Å². The topological polar surface area (TPSA) is 50.4 Å². The first-order chi connectivity index (χ1) is 9.25. The van der Waals surface area contributed by atoms with E-state index in [0.29, 0.717) is 19.1 Å². The average molecular weight is 327 g/mol. The minimum absolute atomic E-state index is 0.201. The van der Waals surface area contributed by atoms with E-state index in [9.17, 15) is 4.79 Å². The van der Waals surface area contributed by atoms with Crippen molar-refractivity contribution < 1.29 is 9.53 Å². The highest BCUT2D eigenvalue weighted by molar-refractivity contribution is 9.10. The third kappa shape index (κ3) is 5.61. The lowest BCUT2D eigenvalue weighted by Crippen LogP contribution is -2.34. The van der Waals surface area contributed by atoms with Crippen LogP contribution in [0, 0.1) is 5.92 Å². The maximum absolute atomic E-state index is 11.3. The number of rotatable bonds is 8. The van der Waals surface area contributed by atoms with Crippen molar-refractivity contribution in [3.05, 3.63) is 28.7 Å². The normalized spacial score (nSPS) is 14.2. The zero-order valence-electron chi connectivity index (χ0n) is 10.8. The summed E-state index contributed by atoms with van der Waals surface area (Å²) in [5.74, 6) is 1.35. The summed E-state index contributed by atoms with van der Waals surface area (Å²) in [6, 6.07) is 7.78. The Morgan fingerprint density at radius 2 is 2.16 bits per heavy atom. The number of amides is 1. The maximum atomic E-state index is 11.3. The van der Waals surface area contributed by atoms with Gasteiger partial charge in [-0.15, -0.1) is 0 Å². The van der Waals surface area contributed by atoms with E-state index in [-0.39, 0.29) is 5.91 Å². The quantitative estimate of drug-likeness (QED) is 0.718. The van der Waals surface area contributed by atoms with E-state index >= 15 is 0 Å². The molecule has 2 N–H and O–H groups in total. The zero-order chi connectivity index (χ0) is 13.5. The number of halogens is 1. The fraction of sp³-hybridized carbons (Fsp3) is 0.500. The number of carbonyl (C=O) groups excluding carboxylic acids is 1. The molecule has 5 heteroatoms. The molecule has 1 aromatic rings. The van der Waals surface area contributed by atoms with Gasteiger partial charge in [0.15, 0.2) is 0 Å². The lowest BCUT2D eigenvalue weighted by atomic mass is 10.3. The van der Waals surface area contributed by atoms with Crippen molar-refractivity contribution in [3.63, 3.8) is 0 Å². The highest BCUT2D eigenvalue weighted by Crippen LogP contribution is 2.28. The summed E-state index contributed by atoms with van der Waals surface area (Å²) in [5, 5.41) is 6.15. The molecule has 1 amide bonds. The van der Waals surface area contributed by atoms with Crippen molar-refractivity contribution in [2.75, 3.05) is 26.2 Å². The van der Waals surface area contributed by atoms with Crippen molar-refractivity contribution in [3.8, 4) is 5.75 Å². The Morgan fingerprint density at radius 3 is 2.89 bits per heavy atom. The van der Waals surface area contributed by atoms with E-state index < -0.39 is 0 Å². The first kappa shape index (κ1) is 14.3. The molecule has 0 saturated heterocycles. The van der Waals surface area contributed by atoms with Gasteiger partial charge in [-0.3, -0.25) is 4.79 Å². The molecular formula is C14H19BrN2O2. The van der Waals surface area contributed by atoms with Gasteiger partial charge in [-0.2, -0.15) is 0 Å². The second-order valence-electron chi connectivity index (χ2n) is 4.62. The Labute approximate surface area is 122 Å². The van der Waals surface area contributed by atoms with Crippen LogP contribution >= 0.6 is 15.9 Å². The van der Waals surface area contributed by atoms with Gasteiger partial charge in [-0.25, -0.2) is 0 Å². The average Bonchev–Trinajstić information content (AvgIpc) is 3.22. The number of hydrogen-bond donors (Lipinski definition) is 2. The van der Waals surface area contributed by atoms with Crippen LogP contribution in [-0.2, 0) is 4.79 Å². The molecule has 0 heterocycles. The van der Waals surface area contributed by atoms with Crippen molar-refractivity contribution in [1.29, 1.82) is 0 Å². The van der Waals surface area contributed by atoms with Gasteiger partial charge in [0.05, 0.1) is 0 Å². The minimum atomic E-state index is 0.201. The van der Waals surface area contributed by atoms with Crippen molar-refractivity contribution in [1.82, 2.24) is 10.6 Å². The van der Waals surface area contributed by atoms with E-state index in [1.165, 1.54) is 0 Å². The minimum Gasteiger partial charge on any atom is -0.492 e. The first-order valence-electron chi connectivity index (χ1n) is 6.62. The molecule has 0 radical (unpaired) electrons. The molecule has 0 unspecified atom stereocenters. The Balaban J connectivity index is 1.46. The van der Waals surface area contributed by atoms with Crippen molar-refractivity contribution >= 4 is 21.8 Å². The van der Waals surface area contributed by atoms with Gasteiger partial charge in [-0.1, -0.05) is 22.0 Å². The largest absolute Gasteiger partial charge is 0.492 e. The summed E-state index contributed by atoms with van der Waals surface area (Å²) in [4.78, 5) is 11.3. The van der Waals surface area contributed by atoms with Gasteiger partial charge in [0.25, 0.3) is 0 Å². The van der Waals surface area contributed by atoms with Crippen LogP contribution in [0.25, 0.3) is 0 Å². The number of nitrogens with one attached hydrogen (secondary N) is 2. The van der Waals surface area contributed by atoms with Gasteiger partial charge >= 0.3 is 0 Å². The molecule has 4 nitrogen and oxygen atoms in total. The van der Waals surface area contributed by atoms with Crippen LogP contribution in [-0.4, -0.2) is 32.1 Å². The lowest BCUT2D eigenvalue weighted by Gasteiger charge is -2.08. The molecule has 0 aromatic heterocycles. The Hall–Kier alpha value is -1.07. The highest BCUT2D eigenvalue weighted by atomic mass is 79.9. The van der Waals surface area contributed by atoms with E-state index in [1.54, 1.807) is 0 Å². The third-order valence-electron chi connectivity index (χ3n) is 2.89. The number of hydrogen-bond acceptors (Lipinski definition) is 3. The van der Waals surface area contributed by atoms with Gasteiger partial charge < -0.3 is 15.4 Å². The van der Waals surface area contributed by atoms with Crippen LogP contribution in [0.4, 0.5) is 0 Å². The zero-order valence-corrected chi connectivity index (χ0v) is 12.4. The third-order valence-corrected chi connectivity index (χ3v) is 3.39. The molecule has 19 heavy (non-hydrogen) atoms. The molecule has 2 rings (SSSR count). The summed E-state index contributed by atoms with van der Waals surface area (Å²) in [6.45, 7) is 2.85. The molecule has 0 spiro atoms. The summed E-state index contributed by atoms with van der Waals surface area (Å²) >= 11 is 3.40. The van der Waals surface area contributed by atoms with Crippen LogP contribution in [0.5, 0.6) is 5.75 Å². The lowest BCUT2D eigenvalue weighted by molar-refractivity contribution is -0.122. The molecule has 0 aliphatic heterocycles. The Morgan fingerprint density at radius 1 is 1.32 bits per heavy atom. The predicted molar refractivity (Wildman–Crippen MR) is 78.2 cm³/mol. The van der Waals surface area contributed by atoms with Crippen LogP contribution in [0.2, 0.25) is 0 Å². The Bertz CT molecular complexity index is 422. The van der Waals surface area contributed by atoms with Crippen LogP contribution < -0.4 is 15.4 Å². The fourth-order valence-electron chi connectivity index (χ4n) is 1.69. The van der Waals surface area contributed by atoms with Gasteiger partial charge in [0.2, 0.25) is 5.91 Å². The smallest absolute Gasteiger partial charge is 0.223 e. The second-order valence-corrected chi connectivity index (χ2v) is 5.54. The predicted octanol–water partition coefficient (Wildman–Crippen LogP) is 1.94. The fourth-order valence-corrected chi connectivity index (χ4v) is 2.07. The van der Waals surface area contributed by atoms with Gasteiger partial charge in [0.1, 0.15) is 12.4 Å². The van der Waals surface area contributed by atoms with E-state index in [0.717, 1.165) is 36.2 Å². The summed E-state index contributed by atoms with van der Waals surface area (Å²) < 4.78 is 6.60. The van der Waals surface area contributed by atoms with Crippen molar-refractivity contribution in [2.45, 2.75) is 12.8 Å². The van der Waals surface area contributed by atoms with E-state index in [2.05, 4.69) is 26.6 Å². The SMILES string of the molecule is O=C(NCCNCCOc1cccc(Br)c1)C1CC1. The number of benzene rings is 1. The summed E-state index contributed by atoms with van der Waals surface area (Å²) in [5.41, 5.74) is 0. The molecule has 1 saturated carbocycles.